The maximum Gasteiger partial charge on any atom is 0.134 e. The minimum absolute atomic E-state index is 0.149. The molecule has 0 fully saturated rings. The van der Waals surface area contributed by atoms with Gasteiger partial charge in [0.15, 0.2) is 0 Å². The van der Waals surface area contributed by atoms with E-state index >= 15 is 0 Å². The Labute approximate surface area is 214 Å². The van der Waals surface area contributed by atoms with Crippen molar-refractivity contribution in [1.29, 1.82) is 0 Å². The zero-order chi connectivity index (χ0) is 24.3. The predicted molar refractivity (Wildman–Crippen MR) is 152 cm³/mol. The molecule has 5 aromatic carbocycles. The quantitative estimate of drug-likeness (QED) is 0.229. The Morgan fingerprint density at radius 1 is 0.417 bits per heavy atom. The van der Waals surface area contributed by atoms with Crippen molar-refractivity contribution < 1.29 is 0 Å². The van der Waals surface area contributed by atoms with E-state index < -0.39 is 0 Å². The highest BCUT2D eigenvalue weighted by molar-refractivity contribution is 6.03. The lowest BCUT2D eigenvalue weighted by atomic mass is 9.73. The first-order valence-electron chi connectivity index (χ1n) is 12.7. The Bertz CT molecular complexity index is 1450. The molecule has 172 valence electrons. The standard InChI is InChI=1S/C36H29/c1-26-22-24-31(25-23-26)36-34(29-18-10-4-11-19-29)32(27-14-6-2-7-15-27)33(28-16-8-3-9-17-28)35(36)30-20-12-5-13-21-30/h2-25,32,36H,1H3/q+1. The summed E-state index contributed by atoms with van der Waals surface area (Å²) in [5.74, 6) is 1.75. The first-order valence-corrected chi connectivity index (χ1v) is 12.7. The molecule has 0 heteroatoms. The second-order valence-corrected chi connectivity index (χ2v) is 9.57. The van der Waals surface area contributed by atoms with Gasteiger partial charge in [-0.1, -0.05) is 121 Å². The van der Waals surface area contributed by atoms with Crippen LogP contribution in [0.25, 0.3) is 11.1 Å². The van der Waals surface area contributed by atoms with E-state index in [9.17, 15) is 0 Å². The Morgan fingerprint density at radius 2 is 0.806 bits per heavy atom. The number of aryl methyl sites for hydroxylation is 1. The van der Waals surface area contributed by atoms with Gasteiger partial charge in [-0.15, -0.1) is 0 Å². The molecule has 36 heavy (non-hydrogen) atoms. The summed E-state index contributed by atoms with van der Waals surface area (Å²) in [6, 6.07) is 53.1. The highest BCUT2D eigenvalue weighted by Crippen LogP contribution is 2.62. The van der Waals surface area contributed by atoms with Crippen LogP contribution in [-0.2, 0) is 0 Å². The van der Waals surface area contributed by atoms with Gasteiger partial charge in [0, 0.05) is 12.1 Å². The average molecular weight is 462 g/mol. The first kappa shape index (κ1) is 22.2. The fourth-order valence-electron chi connectivity index (χ4n) is 5.73. The third-order valence-corrected chi connectivity index (χ3v) is 7.31. The summed E-state index contributed by atoms with van der Waals surface area (Å²) in [4.78, 5) is 0. The first-order chi connectivity index (χ1) is 17.8. The summed E-state index contributed by atoms with van der Waals surface area (Å²) in [5.41, 5.74) is 10.6. The second-order valence-electron chi connectivity index (χ2n) is 9.57. The van der Waals surface area contributed by atoms with E-state index in [1.54, 1.807) is 0 Å². The van der Waals surface area contributed by atoms with Crippen molar-refractivity contribution in [3.63, 3.8) is 0 Å². The van der Waals surface area contributed by atoms with Crippen molar-refractivity contribution >= 4 is 11.1 Å². The van der Waals surface area contributed by atoms with Crippen molar-refractivity contribution in [2.24, 2.45) is 0 Å². The molecule has 0 spiro atoms. The van der Waals surface area contributed by atoms with Gasteiger partial charge < -0.3 is 0 Å². The zero-order valence-electron chi connectivity index (χ0n) is 20.5. The highest BCUT2D eigenvalue weighted by atomic mass is 14.5. The fraction of sp³-hybridized carbons (Fsp3) is 0.0833. The van der Waals surface area contributed by atoms with E-state index in [1.807, 2.05) is 0 Å². The molecule has 6 rings (SSSR count). The molecule has 0 aliphatic heterocycles. The lowest BCUT2D eigenvalue weighted by Gasteiger charge is -2.24. The van der Waals surface area contributed by atoms with E-state index in [-0.39, 0.29) is 11.8 Å². The van der Waals surface area contributed by atoms with Gasteiger partial charge in [-0.3, -0.25) is 0 Å². The van der Waals surface area contributed by atoms with E-state index in [2.05, 4.69) is 153 Å². The molecule has 0 nitrogen and oxygen atoms in total. The summed E-state index contributed by atoms with van der Waals surface area (Å²) in [6.45, 7) is 2.16. The Morgan fingerprint density at radius 3 is 1.28 bits per heavy atom. The van der Waals surface area contributed by atoms with Crippen LogP contribution in [0.3, 0.4) is 0 Å². The number of allylic oxidation sites excluding steroid dienone is 2. The summed E-state index contributed by atoms with van der Waals surface area (Å²) in [7, 11) is 0. The molecule has 0 N–H and O–H groups in total. The molecule has 1 aliphatic rings. The Hall–Kier alpha value is -4.29. The van der Waals surface area contributed by atoms with E-state index in [1.165, 1.54) is 50.4 Å². The summed E-state index contributed by atoms with van der Waals surface area (Å²) in [6.07, 6.45) is 0. The third-order valence-electron chi connectivity index (χ3n) is 7.31. The molecular weight excluding hydrogens is 432 g/mol. The number of hydrogen-bond acceptors (Lipinski definition) is 0. The monoisotopic (exact) mass is 461 g/mol. The SMILES string of the molecule is Cc1ccc(C2C(c3ccccc3)=C(c3ccccc3)C(c3ccccc3)[C+]2c2ccccc2)cc1. The average Bonchev–Trinajstić information content (AvgIpc) is 3.31. The maximum absolute atomic E-state index is 2.32. The van der Waals surface area contributed by atoms with Gasteiger partial charge in [-0.2, -0.15) is 0 Å². The zero-order valence-corrected chi connectivity index (χ0v) is 20.5. The van der Waals surface area contributed by atoms with Crippen LogP contribution in [-0.4, -0.2) is 0 Å². The van der Waals surface area contributed by atoms with Gasteiger partial charge in [0.2, 0.25) is 0 Å². The van der Waals surface area contributed by atoms with Crippen LogP contribution in [0.1, 0.15) is 45.2 Å². The predicted octanol–water partition coefficient (Wildman–Crippen LogP) is 9.11. The van der Waals surface area contributed by atoms with Crippen molar-refractivity contribution in [2.45, 2.75) is 18.8 Å². The molecule has 0 saturated heterocycles. The van der Waals surface area contributed by atoms with Crippen molar-refractivity contribution in [1.82, 2.24) is 0 Å². The largest absolute Gasteiger partial charge is 0.134 e. The molecule has 0 amide bonds. The van der Waals surface area contributed by atoms with Gasteiger partial charge >= 0.3 is 0 Å². The summed E-state index contributed by atoms with van der Waals surface area (Å²) < 4.78 is 0. The topological polar surface area (TPSA) is 0 Å². The molecular formula is C36H29+. The number of hydrogen-bond donors (Lipinski definition) is 0. The van der Waals surface area contributed by atoms with Crippen LogP contribution in [0.15, 0.2) is 146 Å². The van der Waals surface area contributed by atoms with Crippen LogP contribution in [0.2, 0.25) is 0 Å². The number of benzene rings is 5. The van der Waals surface area contributed by atoms with Gasteiger partial charge in [0.05, 0.1) is 17.8 Å². The number of rotatable bonds is 5. The smallest absolute Gasteiger partial charge is 0.0622 e. The van der Waals surface area contributed by atoms with Crippen LogP contribution in [0.4, 0.5) is 0 Å². The van der Waals surface area contributed by atoms with Crippen molar-refractivity contribution in [2.75, 3.05) is 0 Å². The Balaban J connectivity index is 1.71. The molecule has 0 radical (unpaired) electrons. The maximum atomic E-state index is 2.32. The normalized spacial score (nSPS) is 17.4. The minimum Gasteiger partial charge on any atom is -0.0622 e. The van der Waals surface area contributed by atoms with Crippen LogP contribution in [0.5, 0.6) is 0 Å². The van der Waals surface area contributed by atoms with Gasteiger partial charge in [-0.25, -0.2) is 0 Å². The van der Waals surface area contributed by atoms with E-state index in [0.29, 0.717) is 0 Å². The molecule has 5 aromatic rings. The molecule has 0 bridgehead atoms. The molecule has 2 atom stereocenters. The third kappa shape index (κ3) is 4.06. The van der Waals surface area contributed by atoms with Gasteiger partial charge in [0.1, 0.15) is 5.56 Å². The molecule has 0 heterocycles. The van der Waals surface area contributed by atoms with Crippen molar-refractivity contribution in [3.8, 4) is 0 Å². The molecule has 2 unspecified atom stereocenters. The molecule has 1 aliphatic carbocycles. The second kappa shape index (κ2) is 9.76. The summed E-state index contributed by atoms with van der Waals surface area (Å²) in [5, 5.41) is 0. The Kier molecular flexibility index (Phi) is 6.01. The van der Waals surface area contributed by atoms with Gasteiger partial charge in [0.25, 0.3) is 0 Å². The molecule has 0 aromatic heterocycles. The minimum atomic E-state index is 0.149. The fourth-order valence-corrected chi connectivity index (χ4v) is 5.73. The molecule has 0 saturated carbocycles. The van der Waals surface area contributed by atoms with E-state index in [4.69, 9.17) is 0 Å². The summed E-state index contributed by atoms with van der Waals surface area (Å²) >= 11 is 0. The highest BCUT2D eigenvalue weighted by Gasteiger charge is 2.50. The van der Waals surface area contributed by atoms with Crippen molar-refractivity contribution in [3.05, 3.63) is 185 Å². The van der Waals surface area contributed by atoms with Crippen LogP contribution >= 0.6 is 0 Å². The lowest BCUT2D eigenvalue weighted by Crippen LogP contribution is -2.15. The lowest BCUT2D eigenvalue weighted by molar-refractivity contribution is 0.813. The van der Waals surface area contributed by atoms with Gasteiger partial charge in [-0.05, 0) is 58.5 Å². The van der Waals surface area contributed by atoms with Crippen LogP contribution in [0, 0.1) is 12.8 Å². The van der Waals surface area contributed by atoms with Crippen LogP contribution < -0.4 is 0 Å². The van der Waals surface area contributed by atoms with E-state index in [0.717, 1.165) is 0 Å².